The molecule has 1 saturated heterocycles. The third kappa shape index (κ3) is 3.26. The fourth-order valence-corrected chi connectivity index (χ4v) is 3.44. The number of aromatic nitrogens is 4. The molecule has 1 saturated carbocycles. The summed E-state index contributed by atoms with van der Waals surface area (Å²) in [7, 11) is 1.79. The van der Waals surface area contributed by atoms with Gasteiger partial charge in [-0.25, -0.2) is 14.4 Å². The Labute approximate surface area is 166 Å². The average Bonchev–Trinajstić information content (AvgIpc) is 3.29. The molecule has 5 rings (SSSR count). The van der Waals surface area contributed by atoms with E-state index >= 15 is 0 Å². The molecule has 1 aliphatic carbocycles. The normalized spacial score (nSPS) is 18.4. The number of hydrogen-bond acceptors (Lipinski definition) is 6. The minimum absolute atomic E-state index is 0.0486. The van der Waals surface area contributed by atoms with E-state index in [1.807, 2.05) is 11.8 Å². The van der Waals surface area contributed by atoms with Crippen LogP contribution in [-0.4, -0.2) is 63.3 Å². The smallest absolute Gasteiger partial charge is 0.241 e. The van der Waals surface area contributed by atoms with Crippen LogP contribution in [0.2, 0.25) is 0 Å². The molecule has 0 bridgehead atoms. The van der Waals surface area contributed by atoms with Gasteiger partial charge in [-0.1, -0.05) is 0 Å². The van der Waals surface area contributed by atoms with Gasteiger partial charge >= 0.3 is 0 Å². The number of halogens is 1. The molecule has 3 heterocycles. The largest absolute Gasteiger partial charge is 0.484 e. The minimum Gasteiger partial charge on any atom is -0.484 e. The Balaban J connectivity index is 1.50. The minimum atomic E-state index is -0.417. The summed E-state index contributed by atoms with van der Waals surface area (Å²) in [6, 6.07) is 4.88. The van der Waals surface area contributed by atoms with Crippen LogP contribution in [0.5, 0.6) is 5.75 Å². The van der Waals surface area contributed by atoms with Crippen molar-refractivity contribution in [2.24, 2.45) is 0 Å². The highest BCUT2D eigenvalue weighted by Gasteiger charge is 2.40. The summed E-state index contributed by atoms with van der Waals surface area (Å²) in [5.41, 5.74) is 1.48. The molecule has 2 aliphatic rings. The number of piperazine rings is 1. The molecular formula is C20H21FN6O2. The number of anilines is 1. The van der Waals surface area contributed by atoms with Crippen LogP contribution in [0.25, 0.3) is 22.3 Å². The topological polar surface area (TPSA) is 87.2 Å². The summed E-state index contributed by atoms with van der Waals surface area (Å²) < 4.78 is 20.3. The maximum absolute atomic E-state index is 14.4. The fourth-order valence-electron chi connectivity index (χ4n) is 3.44. The number of likely N-dealkylation sites (N-methyl/N-ethyl adjacent to an activating group) is 1. The number of rotatable bonds is 4. The van der Waals surface area contributed by atoms with E-state index in [4.69, 9.17) is 4.74 Å². The number of amides is 1. The first kappa shape index (κ1) is 17.8. The molecule has 2 fully saturated rings. The molecule has 0 radical (unpaired) electrons. The van der Waals surface area contributed by atoms with E-state index in [1.54, 1.807) is 24.1 Å². The van der Waals surface area contributed by atoms with E-state index in [-0.39, 0.29) is 23.8 Å². The molecule has 0 spiro atoms. The Morgan fingerprint density at radius 2 is 2.03 bits per heavy atom. The number of nitrogens with zero attached hydrogens (tertiary/aromatic N) is 5. The number of benzene rings is 1. The molecule has 0 unspecified atom stereocenters. The SMILES string of the molecule is CN1CCN(c2cc(-c3n[nH]c4cc(F)c(OC5(C)CC5)cc34)ncn2)CC1=O. The van der Waals surface area contributed by atoms with Gasteiger partial charge in [0.05, 0.1) is 17.8 Å². The number of aromatic amines is 1. The van der Waals surface area contributed by atoms with Crippen molar-refractivity contribution in [2.45, 2.75) is 25.4 Å². The number of carbonyl (C=O) groups is 1. The Morgan fingerprint density at radius 1 is 1.21 bits per heavy atom. The van der Waals surface area contributed by atoms with Crippen molar-refractivity contribution in [3.63, 3.8) is 0 Å². The lowest BCUT2D eigenvalue weighted by Gasteiger charge is -2.32. The molecule has 1 aromatic carbocycles. The Bertz CT molecular complexity index is 1110. The van der Waals surface area contributed by atoms with Crippen molar-refractivity contribution in [2.75, 3.05) is 31.6 Å². The number of nitrogens with one attached hydrogen (secondary N) is 1. The summed E-state index contributed by atoms with van der Waals surface area (Å²) in [6.45, 7) is 3.58. The molecule has 29 heavy (non-hydrogen) atoms. The first-order valence-corrected chi connectivity index (χ1v) is 9.60. The molecule has 1 amide bonds. The van der Waals surface area contributed by atoms with E-state index in [0.29, 0.717) is 35.8 Å². The van der Waals surface area contributed by atoms with Gasteiger partial charge in [0, 0.05) is 37.7 Å². The Kier molecular flexibility index (Phi) is 3.94. The molecule has 1 N–H and O–H groups in total. The standard InChI is InChI=1S/C20H21FN6O2/c1-20(3-4-20)29-16-7-12-14(8-13(16)21)24-25-19(12)15-9-17(23-11-22-15)27-6-5-26(2)18(28)10-27/h7-9,11H,3-6,10H2,1-2H3,(H,24,25). The summed E-state index contributed by atoms with van der Waals surface area (Å²) in [5, 5.41) is 7.93. The van der Waals surface area contributed by atoms with Gasteiger partial charge in [-0.3, -0.25) is 9.89 Å². The predicted octanol–water partition coefficient (Wildman–Crippen LogP) is 2.37. The average molecular weight is 396 g/mol. The maximum atomic E-state index is 14.4. The van der Waals surface area contributed by atoms with Crippen LogP contribution in [0.4, 0.5) is 10.2 Å². The maximum Gasteiger partial charge on any atom is 0.241 e. The number of fused-ring (bicyclic) bond motifs is 1. The molecule has 3 aromatic rings. The molecule has 9 heteroatoms. The predicted molar refractivity (Wildman–Crippen MR) is 105 cm³/mol. The van der Waals surface area contributed by atoms with Crippen molar-refractivity contribution in [1.82, 2.24) is 25.1 Å². The van der Waals surface area contributed by atoms with E-state index in [9.17, 15) is 9.18 Å². The molecule has 1 aliphatic heterocycles. The van der Waals surface area contributed by atoms with Crippen molar-refractivity contribution >= 4 is 22.6 Å². The highest BCUT2D eigenvalue weighted by molar-refractivity contribution is 5.93. The molecule has 150 valence electrons. The van der Waals surface area contributed by atoms with Gasteiger partial charge in [0.25, 0.3) is 0 Å². The zero-order valence-corrected chi connectivity index (χ0v) is 16.3. The van der Waals surface area contributed by atoms with Gasteiger partial charge in [0.15, 0.2) is 11.6 Å². The summed E-state index contributed by atoms with van der Waals surface area (Å²) in [4.78, 5) is 24.3. The van der Waals surface area contributed by atoms with Gasteiger partial charge in [-0.15, -0.1) is 0 Å². The Morgan fingerprint density at radius 3 is 2.79 bits per heavy atom. The first-order valence-electron chi connectivity index (χ1n) is 9.60. The molecule has 0 atom stereocenters. The Hall–Kier alpha value is -3.23. The van der Waals surface area contributed by atoms with Crippen molar-refractivity contribution < 1.29 is 13.9 Å². The second kappa shape index (κ2) is 6.40. The lowest BCUT2D eigenvalue weighted by molar-refractivity contribution is -0.129. The van der Waals surface area contributed by atoms with E-state index in [1.165, 1.54) is 12.4 Å². The summed E-state index contributed by atoms with van der Waals surface area (Å²) >= 11 is 0. The van der Waals surface area contributed by atoms with Gasteiger partial charge in [0.2, 0.25) is 5.91 Å². The zero-order chi connectivity index (χ0) is 20.2. The highest BCUT2D eigenvalue weighted by Crippen LogP contribution is 2.41. The lowest BCUT2D eigenvalue weighted by atomic mass is 10.1. The number of carbonyl (C=O) groups excluding carboxylic acids is 1. The van der Waals surface area contributed by atoms with Crippen molar-refractivity contribution in [3.05, 3.63) is 30.3 Å². The number of ether oxygens (including phenoxy) is 1. The van der Waals surface area contributed by atoms with Gasteiger partial charge in [-0.05, 0) is 25.8 Å². The van der Waals surface area contributed by atoms with Crippen molar-refractivity contribution in [3.8, 4) is 17.1 Å². The van der Waals surface area contributed by atoms with Crippen molar-refractivity contribution in [1.29, 1.82) is 0 Å². The highest BCUT2D eigenvalue weighted by atomic mass is 19.1. The summed E-state index contributed by atoms with van der Waals surface area (Å²) in [6.07, 6.45) is 3.30. The molecule has 2 aromatic heterocycles. The second-order valence-electron chi connectivity index (χ2n) is 7.95. The van der Waals surface area contributed by atoms with E-state index < -0.39 is 5.82 Å². The van der Waals surface area contributed by atoms with Gasteiger partial charge in [0.1, 0.15) is 23.4 Å². The number of hydrogen-bond donors (Lipinski definition) is 1. The third-order valence-electron chi connectivity index (χ3n) is 5.60. The first-order chi connectivity index (χ1) is 13.9. The van der Waals surface area contributed by atoms with E-state index in [0.717, 1.165) is 18.2 Å². The third-order valence-corrected chi connectivity index (χ3v) is 5.60. The number of H-pyrrole nitrogens is 1. The van der Waals surface area contributed by atoms with Crippen LogP contribution in [0.15, 0.2) is 24.5 Å². The summed E-state index contributed by atoms with van der Waals surface area (Å²) in [5.74, 6) is 0.517. The fraction of sp³-hybridized carbons (Fsp3) is 0.400. The van der Waals surface area contributed by atoms with E-state index in [2.05, 4.69) is 20.2 Å². The quantitative estimate of drug-likeness (QED) is 0.729. The van der Waals surface area contributed by atoms with Crippen LogP contribution in [0.3, 0.4) is 0 Å². The van der Waals surface area contributed by atoms with Gasteiger partial charge < -0.3 is 14.5 Å². The monoisotopic (exact) mass is 396 g/mol. The molecular weight excluding hydrogens is 375 g/mol. The van der Waals surface area contributed by atoms with Crippen LogP contribution < -0.4 is 9.64 Å². The van der Waals surface area contributed by atoms with Crippen LogP contribution >= 0.6 is 0 Å². The lowest BCUT2D eigenvalue weighted by Crippen LogP contribution is -2.48. The molecule has 8 nitrogen and oxygen atoms in total. The second-order valence-corrected chi connectivity index (χ2v) is 7.95. The van der Waals surface area contributed by atoms with Gasteiger partial charge in [-0.2, -0.15) is 5.10 Å². The van der Waals surface area contributed by atoms with Crippen LogP contribution in [0.1, 0.15) is 19.8 Å². The van der Waals surface area contributed by atoms with Crippen LogP contribution in [-0.2, 0) is 4.79 Å². The zero-order valence-electron chi connectivity index (χ0n) is 16.3. The van der Waals surface area contributed by atoms with Crippen LogP contribution in [0, 0.1) is 5.82 Å².